The largest absolute Gasteiger partial charge is 0.488 e. The predicted molar refractivity (Wildman–Crippen MR) is 125 cm³/mol. The van der Waals surface area contributed by atoms with Gasteiger partial charge in [0.1, 0.15) is 17.7 Å². The van der Waals surface area contributed by atoms with Crippen LogP contribution in [0.1, 0.15) is 28.7 Å². The van der Waals surface area contributed by atoms with Crippen LogP contribution in [0.25, 0.3) is 0 Å². The van der Waals surface area contributed by atoms with Gasteiger partial charge in [-0.25, -0.2) is 4.39 Å². The molecule has 1 atom stereocenters. The Kier molecular flexibility index (Phi) is 9.33. The van der Waals surface area contributed by atoms with Crippen LogP contribution in [0.15, 0.2) is 41.4 Å². The molecule has 0 saturated carbocycles. The maximum Gasteiger partial charge on any atom is 0.191 e. The minimum atomic E-state index is -0.417. The monoisotopic (exact) mass is 524 g/mol. The number of benzene rings is 2. The molecule has 30 heavy (non-hydrogen) atoms. The molecule has 0 spiro atoms. The third kappa shape index (κ3) is 6.57. The number of ether oxygens (including phenoxy) is 2. The van der Waals surface area contributed by atoms with Crippen molar-refractivity contribution >= 4 is 29.9 Å². The zero-order valence-corrected chi connectivity index (χ0v) is 19.4. The number of rotatable bonds is 6. The lowest BCUT2D eigenvalue weighted by Crippen LogP contribution is -2.36. The van der Waals surface area contributed by atoms with E-state index >= 15 is 0 Å². The van der Waals surface area contributed by atoms with Crippen molar-refractivity contribution in [2.24, 2.45) is 4.99 Å². The molecule has 0 aliphatic carbocycles. The number of halogens is 2. The van der Waals surface area contributed by atoms with Crippen molar-refractivity contribution in [3.8, 4) is 11.8 Å². The Morgan fingerprint density at radius 2 is 1.97 bits per heavy atom. The van der Waals surface area contributed by atoms with Crippen molar-refractivity contribution < 1.29 is 13.9 Å². The summed E-state index contributed by atoms with van der Waals surface area (Å²) in [5.74, 6) is 0.964. The van der Waals surface area contributed by atoms with E-state index in [0.29, 0.717) is 30.2 Å². The van der Waals surface area contributed by atoms with Crippen molar-refractivity contribution in [3.63, 3.8) is 0 Å². The van der Waals surface area contributed by atoms with Gasteiger partial charge in [0.05, 0.1) is 24.8 Å². The summed E-state index contributed by atoms with van der Waals surface area (Å²) < 4.78 is 25.6. The molecule has 160 valence electrons. The van der Waals surface area contributed by atoms with Crippen LogP contribution in [-0.4, -0.2) is 32.3 Å². The standard InChI is InChI=1S/C22H25FN4O2.HI/c1-15-3-5-18(21(9-15)29-19-7-8-28-14-19)13-27-22(25-2)26-12-17-6-4-16(11-24)10-20(17)23;/h3-6,9-10,19H,7-8,12-14H2,1-2H3,(H2,25,26,27);1H. The molecule has 1 aliphatic heterocycles. The summed E-state index contributed by atoms with van der Waals surface area (Å²) in [5, 5.41) is 15.2. The van der Waals surface area contributed by atoms with Crippen LogP contribution in [0.5, 0.6) is 5.75 Å². The molecule has 1 unspecified atom stereocenters. The van der Waals surface area contributed by atoms with Gasteiger partial charge in [-0.2, -0.15) is 5.26 Å². The molecule has 1 heterocycles. The second-order valence-electron chi connectivity index (χ2n) is 6.91. The summed E-state index contributed by atoms with van der Waals surface area (Å²) in [6.45, 7) is 4.14. The minimum Gasteiger partial charge on any atom is -0.488 e. The van der Waals surface area contributed by atoms with E-state index in [9.17, 15) is 4.39 Å². The Bertz CT molecular complexity index is 924. The van der Waals surface area contributed by atoms with E-state index in [0.717, 1.165) is 29.9 Å². The summed E-state index contributed by atoms with van der Waals surface area (Å²) in [5.41, 5.74) is 2.90. The van der Waals surface area contributed by atoms with Gasteiger partial charge < -0.3 is 20.1 Å². The summed E-state index contributed by atoms with van der Waals surface area (Å²) in [6.07, 6.45) is 0.965. The smallest absolute Gasteiger partial charge is 0.191 e. The maximum absolute atomic E-state index is 14.0. The fourth-order valence-corrected chi connectivity index (χ4v) is 3.04. The lowest BCUT2D eigenvalue weighted by Gasteiger charge is -2.18. The van der Waals surface area contributed by atoms with E-state index in [4.69, 9.17) is 14.7 Å². The van der Waals surface area contributed by atoms with Gasteiger partial charge in [-0.05, 0) is 30.7 Å². The van der Waals surface area contributed by atoms with Crippen molar-refractivity contribution in [2.75, 3.05) is 20.3 Å². The SMILES string of the molecule is CN=C(NCc1ccc(C#N)cc1F)NCc1ccc(C)cc1OC1CCOC1.I. The van der Waals surface area contributed by atoms with Crippen LogP contribution in [0.3, 0.4) is 0 Å². The molecule has 0 bridgehead atoms. The average molecular weight is 524 g/mol. The number of nitriles is 1. The van der Waals surface area contributed by atoms with Crippen LogP contribution in [-0.2, 0) is 17.8 Å². The molecular formula is C22H26FIN4O2. The van der Waals surface area contributed by atoms with Gasteiger partial charge >= 0.3 is 0 Å². The summed E-state index contributed by atoms with van der Waals surface area (Å²) >= 11 is 0. The molecular weight excluding hydrogens is 498 g/mol. The van der Waals surface area contributed by atoms with Gasteiger partial charge in [0, 0.05) is 37.7 Å². The van der Waals surface area contributed by atoms with Gasteiger partial charge in [-0.3, -0.25) is 4.99 Å². The van der Waals surface area contributed by atoms with Gasteiger partial charge in [0.25, 0.3) is 0 Å². The highest BCUT2D eigenvalue weighted by Crippen LogP contribution is 2.23. The molecule has 2 aromatic rings. The van der Waals surface area contributed by atoms with E-state index in [1.807, 2.05) is 31.2 Å². The highest BCUT2D eigenvalue weighted by Gasteiger charge is 2.18. The second kappa shape index (κ2) is 11.7. The normalized spacial score (nSPS) is 15.8. The first kappa shape index (κ1) is 23.9. The Labute approximate surface area is 193 Å². The molecule has 0 aromatic heterocycles. The lowest BCUT2D eigenvalue weighted by molar-refractivity contribution is 0.140. The van der Waals surface area contributed by atoms with Gasteiger partial charge in [-0.15, -0.1) is 24.0 Å². The number of hydrogen-bond donors (Lipinski definition) is 2. The fraction of sp³-hybridized carbons (Fsp3) is 0.364. The van der Waals surface area contributed by atoms with Gasteiger partial charge in [0.15, 0.2) is 5.96 Å². The highest BCUT2D eigenvalue weighted by molar-refractivity contribution is 14.0. The van der Waals surface area contributed by atoms with Crippen molar-refractivity contribution in [1.29, 1.82) is 5.26 Å². The van der Waals surface area contributed by atoms with E-state index in [2.05, 4.69) is 15.6 Å². The first-order valence-corrected chi connectivity index (χ1v) is 9.56. The molecule has 1 aliphatic rings. The minimum absolute atomic E-state index is 0. The maximum atomic E-state index is 14.0. The third-order valence-corrected chi connectivity index (χ3v) is 4.70. The molecule has 8 heteroatoms. The zero-order valence-electron chi connectivity index (χ0n) is 17.1. The number of guanidine groups is 1. The quantitative estimate of drug-likeness (QED) is 0.343. The molecule has 0 radical (unpaired) electrons. The van der Waals surface area contributed by atoms with E-state index < -0.39 is 5.82 Å². The topological polar surface area (TPSA) is 78.7 Å². The first-order valence-electron chi connectivity index (χ1n) is 9.56. The number of nitrogens with one attached hydrogen (secondary N) is 2. The number of aryl methyl sites for hydroxylation is 1. The summed E-state index contributed by atoms with van der Waals surface area (Å²) in [4.78, 5) is 4.19. The van der Waals surface area contributed by atoms with Crippen molar-refractivity contribution in [2.45, 2.75) is 32.5 Å². The van der Waals surface area contributed by atoms with Gasteiger partial charge in [-0.1, -0.05) is 18.2 Å². The second-order valence-corrected chi connectivity index (χ2v) is 6.91. The fourth-order valence-electron chi connectivity index (χ4n) is 3.04. The third-order valence-electron chi connectivity index (χ3n) is 4.70. The zero-order chi connectivity index (χ0) is 20.6. The van der Waals surface area contributed by atoms with E-state index in [1.54, 1.807) is 19.2 Å². The summed E-state index contributed by atoms with van der Waals surface area (Å²) in [6, 6.07) is 12.5. The molecule has 2 N–H and O–H groups in total. The molecule has 2 aromatic carbocycles. The predicted octanol–water partition coefficient (Wildman–Crippen LogP) is 3.66. The van der Waals surface area contributed by atoms with Crippen molar-refractivity contribution in [1.82, 2.24) is 10.6 Å². The van der Waals surface area contributed by atoms with E-state index in [-0.39, 0.29) is 36.6 Å². The Morgan fingerprint density at radius 1 is 1.23 bits per heavy atom. The van der Waals surface area contributed by atoms with Crippen LogP contribution in [0.2, 0.25) is 0 Å². The van der Waals surface area contributed by atoms with Gasteiger partial charge in [0.2, 0.25) is 0 Å². The van der Waals surface area contributed by atoms with Crippen LogP contribution < -0.4 is 15.4 Å². The molecule has 0 amide bonds. The van der Waals surface area contributed by atoms with Crippen LogP contribution in [0.4, 0.5) is 4.39 Å². The number of nitrogens with zero attached hydrogens (tertiary/aromatic N) is 2. The molecule has 3 rings (SSSR count). The Hall–Kier alpha value is -2.38. The molecule has 1 fully saturated rings. The first-order chi connectivity index (χ1) is 14.1. The van der Waals surface area contributed by atoms with Crippen molar-refractivity contribution in [3.05, 3.63) is 64.5 Å². The number of hydrogen-bond acceptors (Lipinski definition) is 4. The van der Waals surface area contributed by atoms with E-state index in [1.165, 1.54) is 6.07 Å². The highest BCUT2D eigenvalue weighted by atomic mass is 127. The summed E-state index contributed by atoms with van der Waals surface area (Å²) in [7, 11) is 1.66. The Morgan fingerprint density at radius 3 is 2.60 bits per heavy atom. The van der Waals surface area contributed by atoms with Crippen LogP contribution >= 0.6 is 24.0 Å². The molecule has 6 nitrogen and oxygen atoms in total. The Balaban J connectivity index is 0.00000320. The van der Waals surface area contributed by atoms with Crippen LogP contribution in [0, 0.1) is 24.1 Å². The molecule has 1 saturated heterocycles. The number of aliphatic imine (C=N–C) groups is 1. The lowest BCUT2D eigenvalue weighted by atomic mass is 10.1. The average Bonchev–Trinajstić information content (AvgIpc) is 3.23.